The first-order valence-electron chi connectivity index (χ1n) is 9.57. The van der Waals surface area contributed by atoms with Crippen molar-refractivity contribution in [2.24, 2.45) is 0 Å². The third-order valence-corrected chi connectivity index (χ3v) is 6.35. The molecular weight excluding hydrogens is 493 g/mol. The van der Waals surface area contributed by atoms with Gasteiger partial charge in [-0.2, -0.15) is 5.10 Å². The van der Waals surface area contributed by atoms with E-state index >= 15 is 0 Å². The number of carbonyl (C=O) groups excluding carboxylic acids is 3. The van der Waals surface area contributed by atoms with Gasteiger partial charge in [0.05, 0.1) is 24.3 Å². The number of ether oxygens (including phenoxy) is 3. The van der Waals surface area contributed by atoms with Crippen molar-refractivity contribution in [1.82, 2.24) is 9.78 Å². The van der Waals surface area contributed by atoms with E-state index < -0.39 is 17.8 Å². The summed E-state index contributed by atoms with van der Waals surface area (Å²) in [5, 5.41) is 7.56. The molecule has 0 unspecified atom stereocenters. The van der Waals surface area contributed by atoms with Crippen LogP contribution < -0.4 is 10.1 Å². The van der Waals surface area contributed by atoms with Crippen LogP contribution in [0.1, 0.15) is 43.0 Å². The molecule has 1 aromatic carbocycles. The molecule has 0 saturated heterocycles. The summed E-state index contributed by atoms with van der Waals surface area (Å²) in [5.41, 5.74) is 0.505. The van der Waals surface area contributed by atoms with Gasteiger partial charge in [-0.3, -0.25) is 4.79 Å². The lowest BCUT2D eigenvalue weighted by Gasteiger charge is -2.08. The van der Waals surface area contributed by atoms with Crippen LogP contribution in [0, 0.1) is 6.92 Å². The Kier molecular flexibility index (Phi) is 7.96. The van der Waals surface area contributed by atoms with Crippen LogP contribution in [0.5, 0.6) is 5.75 Å². The van der Waals surface area contributed by atoms with E-state index in [-0.39, 0.29) is 39.5 Å². The Hall–Kier alpha value is -3.08. The van der Waals surface area contributed by atoms with Gasteiger partial charge in [-0.1, -0.05) is 29.3 Å². The Morgan fingerprint density at radius 3 is 2.64 bits per heavy atom. The fraction of sp³-hybridized carbons (Fsp3) is 0.238. The van der Waals surface area contributed by atoms with E-state index in [1.165, 1.54) is 24.1 Å². The second kappa shape index (κ2) is 10.7. The van der Waals surface area contributed by atoms with Crippen LogP contribution in [0.2, 0.25) is 10.0 Å². The van der Waals surface area contributed by atoms with Gasteiger partial charge in [0.15, 0.2) is 12.4 Å². The number of nitrogens with one attached hydrogen (secondary N) is 1. The van der Waals surface area contributed by atoms with E-state index in [1.54, 1.807) is 32.0 Å². The van der Waals surface area contributed by atoms with Gasteiger partial charge in [0, 0.05) is 6.20 Å². The molecule has 0 aliphatic carbocycles. The minimum atomic E-state index is -0.688. The molecule has 12 heteroatoms. The first kappa shape index (κ1) is 24.6. The average molecular weight is 512 g/mol. The zero-order valence-electron chi connectivity index (χ0n) is 17.8. The summed E-state index contributed by atoms with van der Waals surface area (Å²) < 4.78 is 16.8. The fourth-order valence-electron chi connectivity index (χ4n) is 2.79. The maximum atomic E-state index is 12.8. The Bertz CT molecular complexity index is 1210. The second-order valence-electron chi connectivity index (χ2n) is 6.49. The van der Waals surface area contributed by atoms with Crippen molar-refractivity contribution in [1.29, 1.82) is 0 Å². The van der Waals surface area contributed by atoms with Gasteiger partial charge in [-0.15, -0.1) is 11.3 Å². The van der Waals surface area contributed by atoms with Crippen LogP contribution in [0.4, 0.5) is 5.00 Å². The Morgan fingerprint density at radius 2 is 1.94 bits per heavy atom. The second-order valence-corrected chi connectivity index (χ2v) is 8.30. The maximum Gasteiger partial charge on any atom is 0.348 e. The molecule has 0 atom stereocenters. The first-order valence-corrected chi connectivity index (χ1v) is 11.1. The first-order chi connectivity index (χ1) is 15.8. The lowest BCUT2D eigenvalue weighted by Crippen LogP contribution is -2.16. The standard InChI is InChI=1S/C21H19Cl2N3O6S/c1-4-31-21(29)17-11(2)15(20(28)30-3)19(33-17)24-18(27)13-8-9-26(25-13)10-32-14-7-5-6-12(22)16(14)23/h5-9H,4,10H2,1-3H3,(H,24,27). The van der Waals surface area contributed by atoms with Gasteiger partial charge in [0.2, 0.25) is 0 Å². The molecule has 0 aliphatic heterocycles. The maximum absolute atomic E-state index is 12.8. The summed E-state index contributed by atoms with van der Waals surface area (Å²) >= 11 is 13.0. The average Bonchev–Trinajstić information content (AvgIpc) is 3.39. The van der Waals surface area contributed by atoms with Crippen LogP contribution in [0.25, 0.3) is 0 Å². The quantitative estimate of drug-likeness (QED) is 0.432. The molecule has 1 N–H and O–H groups in total. The molecule has 33 heavy (non-hydrogen) atoms. The van der Waals surface area contributed by atoms with Crippen molar-refractivity contribution >= 4 is 57.4 Å². The molecule has 0 saturated carbocycles. The number of methoxy groups -OCH3 is 1. The van der Waals surface area contributed by atoms with Gasteiger partial charge in [-0.25, -0.2) is 14.3 Å². The number of anilines is 1. The van der Waals surface area contributed by atoms with Crippen molar-refractivity contribution in [2.45, 2.75) is 20.6 Å². The largest absolute Gasteiger partial charge is 0.470 e. The highest BCUT2D eigenvalue weighted by molar-refractivity contribution is 7.18. The molecule has 3 rings (SSSR count). The summed E-state index contributed by atoms with van der Waals surface area (Å²) in [7, 11) is 1.21. The van der Waals surface area contributed by atoms with E-state index in [1.807, 2.05) is 0 Å². The van der Waals surface area contributed by atoms with Crippen molar-refractivity contribution in [3.8, 4) is 5.75 Å². The molecule has 0 aliphatic rings. The van der Waals surface area contributed by atoms with Crippen LogP contribution >= 0.6 is 34.5 Å². The van der Waals surface area contributed by atoms with E-state index in [9.17, 15) is 14.4 Å². The number of halogens is 2. The molecule has 2 aromatic heterocycles. The van der Waals surface area contributed by atoms with Gasteiger partial charge in [0.25, 0.3) is 5.91 Å². The number of thiophene rings is 1. The minimum absolute atomic E-state index is 0.0220. The third-order valence-electron chi connectivity index (χ3n) is 4.37. The predicted molar refractivity (Wildman–Crippen MR) is 124 cm³/mol. The monoisotopic (exact) mass is 511 g/mol. The predicted octanol–water partition coefficient (Wildman–Crippen LogP) is 4.81. The summed E-state index contributed by atoms with van der Waals surface area (Å²) in [6.07, 6.45) is 1.54. The molecule has 1 amide bonds. The Balaban J connectivity index is 1.77. The summed E-state index contributed by atoms with van der Waals surface area (Å²) in [5.74, 6) is -1.50. The molecule has 0 bridgehead atoms. The highest BCUT2D eigenvalue weighted by atomic mass is 35.5. The van der Waals surface area contributed by atoms with Crippen LogP contribution in [-0.4, -0.2) is 41.3 Å². The summed E-state index contributed by atoms with van der Waals surface area (Å²) in [6, 6.07) is 6.45. The lowest BCUT2D eigenvalue weighted by atomic mass is 10.1. The number of benzene rings is 1. The smallest absolute Gasteiger partial charge is 0.348 e. The van der Waals surface area contributed by atoms with E-state index in [0.717, 1.165) is 11.3 Å². The van der Waals surface area contributed by atoms with Crippen molar-refractivity contribution in [3.05, 3.63) is 62.2 Å². The lowest BCUT2D eigenvalue weighted by molar-refractivity contribution is 0.0531. The molecule has 3 aromatic rings. The normalized spacial score (nSPS) is 10.6. The molecule has 174 valence electrons. The molecule has 0 spiro atoms. The van der Waals surface area contributed by atoms with Crippen molar-refractivity contribution < 1.29 is 28.6 Å². The topological polar surface area (TPSA) is 109 Å². The summed E-state index contributed by atoms with van der Waals surface area (Å²) in [4.78, 5) is 37.4. The highest BCUT2D eigenvalue weighted by Gasteiger charge is 2.27. The van der Waals surface area contributed by atoms with Gasteiger partial charge in [-0.05, 0) is 37.6 Å². The van der Waals surface area contributed by atoms with Crippen LogP contribution in [-0.2, 0) is 16.2 Å². The number of esters is 2. The van der Waals surface area contributed by atoms with E-state index in [0.29, 0.717) is 16.3 Å². The Labute approximate surface area is 203 Å². The number of hydrogen-bond acceptors (Lipinski definition) is 8. The molecule has 2 heterocycles. The summed E-state index contributed by atoms with van der Waals surface area (Å²) in [6.45, 7) is 3.40. The van der Waals surface area contributed by atoms with Gasteiger partial charge in [0.1, 0.15) is 20.7 Å². The number of rotatable bonds is 8. The number of nitrogens with zero attached hydrogens (tertiary/aromatic N) is 2. The zero-order chi connectivity index (χ0) is 24.1. The molecular formula is C21H19Cl2N3O6S. The van der Waals surface area contributed by atoms with Gasteiger partial charge >= 0.3 is 11.9 Å². The van der Waals surface area contributed by atoms with Crippen molar-refractivity contribution in [3.63, 3.8) is 0 Å². The van der Waals surface area contributed by atoms with Gasteiger partial charge < -0.3 is 19.5 Å². The van der Waals surface area contributed by atoms with Crippen molar-refractivity contribution in [2.75, 3.05) is 19.0 Å². The third kappa shape index (κ3) is 5.47. The highest BCUT2D eigenvalue weighted by Crippen LogP contribution is 2.34. The zero-order valence-corrected chi connectivity index (χ0v) is 20.1. The SMILES string of the molecule is CCOC(=O)c1sc(NC(=O)c2ccn(COc3cccc(Cl)c3Cl)n2)c(C(=O)OC)c1C. The van der Waals surface area contributed by atoms with Crippen LogP contribution in [0.3, 0.4) is 0 Å². The number of carbonyl (C=O) groups is 3. The molecule has 9 nitrogen and oxygen atoms in total. The van der Waals surface area contributed by atoms with Crippen LogP contribution in [0.15, 0.2) is 30.5 Å². The number of aromatic nitrogens is 2. The minimum Gasteiger partial charge on any atom is -0.470 e. The molecule has 0 radical (unpaired) electrons. The molecule has 0 fully saturated rings. The number of hydrogen-bond donors (Lipinski definition) is 1. The van der Waals surface area contributed by atoms with E-state index in [4.69, 9.17) is 37.4 Å². The number of amides is 1. The fourth-order valence-corrected chi connectivity index (χ4v) is 4.22. The van der Waals surface area contributed by atoms with E-state index in [2.05, 4.69) is 10.4 Å². The Morgan fingerprint density at radius 1 is 1.18 bits per heavy atom.